The van der Waals surface area contributed by atoms with E-state index in [4.69, 9.17) is 9.47 Å². The highest BCUT2D eigenvalue weighted by atomic mass is 16.7. The average molecular weight is 290 g/mol. The highest BCUT2D eigenvalue weighted by Gasteiger charge is 2.18. The molecule has 1 aromatic rings. The van der Waals surface area contributed by atoms with Crippen molar-refractivity contribution in [3.8, 4) is 11.5 Å². The molecule has 114 valence electrons. The quantitative estimate of drug-likeness (QED) is 0.849. The number of rotatable bonds is 4. The van der Waals surface area contributed by atoms with Crippen LogP contribution in [0.4, 0.5) is 0 Å². The number of carbonyl (C=O) groups excluding carboxylic acids is 1. The summed E-state index contributed by atoms with van der Waals surface area (Å²) in [7, 11) is 1.98. The zero-order valence-corrected chi connectivity index (χ0v) is 12.5. The Bertz CT molecular complexity index is 512. The summed E-state index contributed by atoms with van der Waals surface area (Å²) in [4.78, 5) is 16.3. The maximum absolute atomic E-state index is 12.2. The fourth-order valence-electron chi connectivity index (χ4n) is 2.88. The number of hydrogen-bond acceptors (Lipinski definition) is 4. The molecule has 0 saturated carbocycles. The van der Waals surface area contributed by atoms with Crippen LogP contribution in [0.25, 0.3) is 0 Å². The predicted octanol–water partition coefficient (Wildman–Crippen LogP) is 1.86. The van der Waals surface area contributed by atoms with Gasteiger partial charge in [-0.2, -0.15) is 0 Å². The van der Waals surface area contributed by atoms with Crippen LogP contribution in [0.3, 0.4) is 0 Å². The van der Waals surface area contributed by atoms with Gasteiger partial charge in [0.25, 0.3) is 0 Å². The lowest BCUT2D eigenvalue weighted by Crippen LogP contribution is -2.41. The molecule has 2 heterocycles. The number of likely N-dealkylation sites (N-methyl/N-ethyl adjacent to an activating group) is 1. The summed E-state index contributed by atoms with van der Waals surface area (Å²) in [6.07, 6.45) is 3.52. The molecule has 1 saturated heterocycles. The number of hydrogen-bond donors (Lipinski definition) is 0. The number of piperidine rings is 1. The normalized spacial score (nSPS) is 17.3. The van der Waals surface area contributed by atoms with Gasteiger partial charge in [-0.05, 0) is 44.0 Å². The van der Waals surface area contributed by atoms with E-state index in [9.17, 15) is 4.79 Å². The van der Waals surface area contributed by atoms with E-state index in [2.05, 4.69) is 4.90 Å². The SMILES string of the molecule is CN(CC(=O)N1CCCCC1)Cc1ccc2c(c1)OCO2. The summed E-state index contributed by atoms with van der Waals surface area (Å²) in [5, 5.41) is 0. The third-order valence-electron chi connectivity index (χ3n) is 4.00. The molecule has 0 bridgehead atoms. The average Bonchev–Trinajstić information content (AvgIpc) is 2.95. The fourth-order valence-corrected chi connectivity index (χ4v) is 2.88. The van der Waals surface area contributed by atoms with Crippen LogP contribution in [-0.4, -0.2) is 49.2 Å². The van der Waals surface area contributed by atoms with Gasteiger partial charge >= 0.3 is 0 Å². The Morgan fingerprint density at radius 1 is 1.19 bits per heavy atom. The van der Waals surface area contributed by atoms with Crippen LogP contribution in [0, 0.1) is 0 Å². The van der Waals surface area contributed by atoms with Crippen LogP contribution in [0.1, 0.15) is 24.8 Å². The van der Waals surface area contributed by atoms with Crippen molar-refractivity contribution in [2.45, 2.75) is 25.8 Å². The minimum absolute atomic E-state index is 0.234. The van der Waals surface area contributed by atoms with Gasteiger partial charge in [-0.1, -0.05) is 6.07 Å². The lowest BCUT2D eigenvalue weighted by Gasteiger charge is -2.28. The van der Waals surface area contributed by atoms with Crippen molar-refractivity contribution in [3.05, 3.63) is 23.8 Å². The number of likely N-dealkylation sites (tertiary alicyclic amines) is 1. The molecule has 1 fully saturated rings. The van der Waals surface area contributed by atoms with Gasteiger partial charge in [-0.15, -0.1) is 0 Å². The van der Waals surface area contributed by atoms with Gasteiger partial charge < -0.3 is 14.4 Å². The molecule has 3 rings (SSSR count). The molecule has 0 atom stereocenters. The zero-order valence-electron chi connectivity index (χ0n) is 12.5. The molecule has 0 N–H and O–H groups in total. The van der Waals surface area contributed by atoms with Gasteiger partial charge in [0.2, 0.25) is 12.7 Å². The van der Waals surface area contributed by atoms with Crippen LogP contribution >= 0.6 is 0 Å². The number of nitrogens with zero attached hydrogens (tertiary/aromatic N) is 2. The molecule has 0 radical (unpaired) electrons. The monoisotopic (exact) mass is 290 g/mol. The van der Waals surface area contributed by atoms with Gasteiger partial charge in [0.05, 0.1) is 6.54 Å². The highest BCUT2D eigenvalue weighted by molar-refractivity contribution is 5.78. The first-order valence-electron chi connectivity index (χ1n) is 7.57. The van der Waals surface area contributed by atoms with Crippen LogP contribution in [0.2, 0.25) is 0 Å². The Morgan fingerprint density at radius 2 is 1.95 bits per heavy atom. The van der Waals surface area contributed by atoms with E-state index in [-0.39, 0.29) is 5.91 Å². The smallest absolute Gasteiger partial charge is 0.236 e. The molecule has 2 aliphatic heterocycles. The highest BCUT2D eigenvalue weighted by Crippen LogP contribution is 2.32. The van der Waals surface area contributed by atoms with E-state index in [0.29, 0.717) is 13.3 Å². The van der Waals surface area contributed by atoms with Gasteiger partial charge in [-0.25, -0.2) is 0 Å². The molecule has 21 heavy (non-hydrogen) atoms. The first-order chi connectivity index (χ1) is 10.2. The second-order valence-electron chi connectivity index (χ2n) is 5.80. The molecule has 2 aliphatic rings. The van der Waals surface area contributed by atoms with Crippen molar-refractivity contribution in [1.29, 1.82) is 0 Å². The van der Waals surface area contributed by atoms with Crippen molar-refractivity contribution < 1.29 is 14.3 Å². The zero-order chi connectivity index (χ0) is 14.7. The van der Waals surface area contributed by atoms with E-state index in [1.165, 1.54) is 6.42 Å². The Morgan fingerprint density at radius 3 is 2.76 bits per heavy atom. The second-order valence-corrected chi connectivity index (χ2v) is 5.80. The van der Waals surface area contributed by atoms with Crippen molar-refractivity contribution in [2.24, 2.45) is 0 Å². The number of carbonyl (C=O) groups is 1. The molecule has 1 amide bonds. The molecule has 0 spiro atoms. The lowest BCUT2D eigenvalue weighted by atomic mass is 10.1. The Labute approximate surface area is 125 Å². The molecule has 1 aromatic carbocycles. The van der Waals surface area contributed by atoms with E-state index in [1.807, 2.05) is 30.1 Å². The minimum Gasteiger partial charge on any atom is -0.454 e. The number of ether oxygens (including phenoxy) is 2. The van der Waals surface area contributed by atoms with Gasteiger partial charge in [0.1, 0.15) is 0 Å². The second kappa shape index (κ2) is 6.35. The lowest BCUT2D eigenvalue weighted by molar-refractivity contribution is -0.133. The Kier molecular flexibility index (Phi) is 4.29. The molecule has 0 unspecified atom stereocenters. The minimum atomic E-state index is 0.234. The summed E-state index contributed by atoms with van der Waals surface area (Å²) in [5.41, 5.74) is 1.13. The molecular weight excluding hydrogens is 268 g/mol. The van der Waals surface area contributed by atoms with Gasteiger partial charge in [0, 0.05) is 19.6 Å². The molecule has 0 aromatic heterocycles. The maximum atomic E-state index is 12.2. The summed E-state index contributed by atoms with van der Waals surface area (Å²) in [6.45, 7) is 3.32. The first kappa shape index (κ1) is 14.2. The van der Waals surface area contributed by atoms with Crippen LogP contribution < -0.4 is 9.47 Å². The van der Waals surface area contributed by atoms with Gasteiger partial charge in [0.15, 0.2) is 11.5 Å². The molecule has 0 aliphatic carbocycles. The van der Waals surface area contributed by atoms with E-state index in [0.717, 1.165) is 49.5 Å². The summed E-state index contributed by atoms with van der Waals surface area (Å²) < 4.78 is 10.7. The van der Waals surface area contributed by atoms with E-state index in [1.54, 1.807) is 0 Å². The van der Waals surface area contributed by atoms with Crippen LogP contribution in [0.15, 0.2) is 18.2 Å². The van der Waals surface area contributed by atoms with Crippen molar-refractivity contribution in [3.63, 3.8) is 0 Å². The third-order valence-corrected chi connectivity index (χ3v) is 4.00. The molecule has 5 nitrogen and oxygen atoms in total. The van der Waals surface area contributed by atoms with E-state index >= 15 is 0 Å². The summed E-state index contributed by atoms with van der Waals surface area (Å²) in [5.74, 6) is 1.83. The Balaban J connectivity index is 1.53. The van der Waals surface area contributed by atoms with Crippen molar-refractivity contribution in [1.82, 2.24) is 9.80 Å². The maximum Gasteiger partial charge on any atom is 0.236 e. The standard InChI is InChI=1S/C16H22N2O3/c1-17(11-16(19)18-7-3-2-4-8-18)10-13-5-6-14-15(9-13)21-12-20-14/h5-6,9H,2-4,7-8,10-12H2,1H3. The predicted molar refractivity (Wildman–Crippen MR) is 79.3 cm³/mol. The van der Waals surface area contributed by atoms with Crippen LogP contribution in [-0.2, 0) is 11.3 Å². The third kappa shape index (κ3) is 3.47. The summed E-state index contributed by atoms with van der Waals surface area (Å²) in [6, 6.07) is 5.94. The summed E-state index contributed by atoms with van der Waals surface area (Å²) >= 11 is 0. The van der Waals surface area contributed by atoms with Crippen molar-refractivity contribution in [2.75, 3.05) is 33.5 Å². The number of benzene rings is 1. The number of fused-ring (bicyclic) bond motifs is 1. The molecular formula is C16H22N2O3. The number of amides is 1. The van der Waals surface area contributed by atoms with Gasteiger partial charge in [-0.3, -0.25) is 9.69 Å². The molecule has 5 heteroatoms. The van der Waals surface area contributed by atoms with Crippen LogP contribution in [0.5, 0.6) is 11.5 Å². The van der Waals surface area contributed by atoms with Crippen molar-refractivity contribution >= 4 is 5.91 Å². The largest absolute Gasteiger partial charge is 0.454 e. The Hall–Kier alpha value is -1.75. The van der Waals surface area contributed by atoms with E-state index < -0.39 is 0 Å². The topological polar surface area (TPSA) is 42.0 Å². The first-order valence-corrected chi connectivity index (χ1v) is 7.57. The fraction of sp³-hybridized carbons (Fsp3) is 0.562.